The van der Waals surface area contributed by atoms with Crippen molar-refractivity contribution in [3.05, 3.63) is 0 Å². The smallest absolute Gasteiger partial charge is 0.326 e. The van der Waals surface area contributed by atoms with Gasteiger partial charge in [0.05, 0.1) is 0 Å². The Balaban J connectivity index is 4.54. The van der Waals surface area contributed by atoms with Crippen molar-refractivity contribution in [2.45, 2.75) is 39.7 Å². The molecule has 88 valence electrons. The van der Waals surface area contributed by atoms with E-state index < -0.39 is 29.8 Å². The van der Waals surface area contributed by atoms with E-state index in [-0.39, 0.29) is 6.42 Å². The van der Waals surface area contributed by atoms with Gasteiger partial charge >= 0.3 is 5.97 Å². The molecule has 0 aromatic heterocycles. The van der Waals surface area contributed by atoms with Gasteiger partial charge in [-0.15, -0.1) is 0 Å². The number of carboxylic acids is 1. The van der Waals surface area contributed by atoms with Crippen LogP contribution in [0.15, 0.2) is 0 Å². The molecule has 0 aliphatic rings. The molecule has 0 aliphatic carbocycles. The van der Waals surface area contributed by atoms with E-state index in [1.165, 1.54) is 13.8 Å². The zero-order valence-electron chi connectivity index (χ0n) is 8.88. The molecule has 0 saturated carbocycles. The molecule has 15 heavy (non-hydrogen) atoms. The summed E-state index contributed by atoms with van der Waals surface area (Å²) in [6.07, 6.45) is -2.94. The van der Waals surface area contributed by atoms with E-state index >= 15 is 0 Å². The lowest BCUT2D eigenvalue weighted by Crippen LogP contribution is -2.44. The average molecular weight is 223 g/mol. The Bertz CT molecular complexity index is 254. The molecular weight excluding hydrogens is 208 g/mol. The van der Waals surface area contributed by atoms with Crippen molar-refractivity contribution >= 4 is 11.9 Å². The average Bonchev–Trinajstić information content (AvgIpc) is 2.01. The van der Waals surface area contributed by atoms with Crippen LogP contribution in [0.1, 0.15) is 27.2 Å². The molecule has 1 amide bonds. The van der Waals surface area contributed by atoms with E-state index in [0.717, 1.165) is 6.92 Å². The second kappa shape index (κ2) is 5.04. The molecule has 0 unspecified atom stereocenters. The first-order valence-electron chi connectivity index (χ1n) is 4.45. The quantitative estimate of drug-likeness (QED) is 0.737. The van der Waals surface area contributed by atoms with Gasteiger partial charge in [0.2, 0.25) is 12.3 Å². The van der Waals surface area contributed by atoms with Gasteiger partial charge in [0.1, 0.15) is 6.04 Å². The fraction of sp³-hybridized carbons (Fsp3) is 0.778. The molecule has 0 aromatic carbocycles. The minimum absolute atomic E-state index is 0.306. The number of carboxylic acid groups (broad SMARTS) is 1. The Kier molecular flexibility index (Phi) is 4.64. The first-order valence-corrected chi connectivity index (χ1v) is 4.45. The summed E-state index contributed by atoms with van der Waals surface area (Å²) in [5.74, 6) is -1.86. The van der Waals surface area contributed by atoms with Gasteiger partial charge in [0.25, 0.3) is 0 Å². The summed E-state index contributed by atoms with van der Waals surface area (Å²) in [4.78, 5) is 21.3. The third kappa shape index (κ3) is 4.71. The molecule has 0 heterocycles. The molecule has 0 saturated heterocycles. The van der Waals surface area contributed by atoms with Gasteiger partial charge in [0.15, 0.2) is 0 Å². The lowest BCUT2D eigenvalue weighted by Gasteiger charge is -2.27. The van der Waals surface area contributed by atoms with E-state index in [0.29, 0.717) is 0 Å². The van der Waals surface area contributed by atoms with Crippen LogP contribution in [0.5, 0.6) is 0 Å². The first kappa shape index (κ1) is 13.8. The lowest BCUT2D eigenvalue weighted by molar-refractivity contribution is -0.143. The highest BCUT2D eigenvalue weighted by molar-refractivity contribution is 5.82. The third-order valence-corrected chi connectivity index (χ3v) is 2.00. The van der Waals surface area contributed by atoms with Crippen molar-refractivity contribution in [2.24, 2.45) is 5.41 Å². The number of carbonyl (C=O) groups excluding carboxylic acids is 1. The van der Waals surface area contributed by atoms with Crippen LogP contribution >= 0.6 is 0 Å². The molecule has 0 spiro atoms. The van der Waals surface area contributed by atoms with Crippen LogP contribution in [0.3, 0.4) is 0 Å². The number of hydrogen-bond acceptors (Lipinski definition) is 2. The van der Waals surface area contributed by atoms with E-state index in [1.807, 2.05) is 0 Å². The Labute approximate surface area is 86.7 Å². The third-order valence-electron chi connectivity index (χ3n) is 2.00. The fourth-order valence-corrected chi connectivity index (χ4v) is 1.06. The number of halogens is 2. The maximum atomic E-state index is 12.5. The Morgan fingerprint density at radius 1 is 1.40 bits per heavy atom. The summed E-state index contributed by atoms with van der Waals surface area (Å²) in [5.41, 5.74) is -1.44. The van der Waals surface area contributed by atoms with Crippen LogP contribution in [-0.4, -0.2) is 29.5 Å². The minimum atomic E-state index is -2.63. The van der Waals surface area contributed by atoms with E-state index in [2.05, 4.69) is 5.32 Å². The second-order valence-electron chi connectivity index (χ2n) is 4.08. The first-order chi connectivity index (χ1) is 6.66. The van der Waals surface area contributed by atoms with Gasteiger partial charge in [-0.1, -0.05) is 13.8 Å². The molecule has 0 aliphatic heterocycles. The number of rotatable bonds is 5. The van der Waals surface area contributed by atoms with Gasteiger partial charge in [0, 0.05) is 12.3 Å². The van der Waals surface area contributed by atoms with E-state index in [1.54, 1.807) is 0 Å². The number of amides is 1. The van der Waals surface area contributed by atoms with Crippen molar-refractivity contribution in [1.82, 2.24) is 5.32 Å². The molecular formula is C9H15F2NO3. The summed E-state index contributed by atoms with van der Waals surface area (Å²) >= 11 is 0. The van der Waals surface area contributed by atoms with Crippen molar-refractivity contribution in [3.63, 3.8) is 0 Å². The number of nitrogens with one attached hydrogen (secondary N) is 1. The molecule has 0 rings (SSSR count). The van der Waals surface area contributed by atoms with E-state index in [9.17, 15) is 18.4 Å². The lowest BCUT2D eigenvalue weighted by atomic mass is 9.86. The summed E-state index contributed by atoms with van der Waals surface area (Å²) in [6.45, 7) is 3.66. The molecule has 2 N–H and O–H groups in total. The van der Waals surface area contributed by atoms with Crippen LogP contribution in [0.25, 0.3) is 0 Å². The maximum absolute atomic E-state index is 12.5. The van der Waals surface area contributed by atoms with Crippen molar-refractivity contribution in [1.29, 1.82) is 0 Å². The highest BCUT2D eigenvalue weighted by atomic mass is 19.3. The van der Waals surface area contributed by atoms with Gasteiger partial charge in [-0.05, 0) is 6.42 Å². The minimum Gasteiger partial charge on any atom is -0.480 e. The van der Waals surface area contributed by atoms with Crippen molar-refractivity contribution < 1.29 is 23.5 Å². The SMILES string of the molecule is CC(=O)N[C@H](CC(C)(C)C(F)F)C(=O)O. The van der Waals surface area contributed by atoms with Gasteiger partial charge < -0.3 is 10.4 Å². The molecule has 0 fully saturated rings. The predicted molar refractivity (Wildman–Crippen MR) is 49.6 cm³/mol. The summed E-state index contributed by atoms with van der Waals surface area (Å²) in [7, 11) is 0. The summed E-state index contributed by atoms with van der Waals surface area (Å²) in [5, 5.41) is 10.8. The van der Waals surface area contributed by atoms with Crippen LogP contribution in [0.4, 0.5) is 8.78 Å². The molecule has 0 bridgehead atoms. The largest absolute Gasteiger partial charge is 0.480 e. The number of aliphatic carboxylic acids is 1. The monoisotopic (exact) mass is 223 g/mol. The molecule has 4 nitrogen and oxygen atoms in total. The highest BCUT2D eigenvalue weighted by Gasteiger charge is 2.35. The zero-order valence-corrected chi connectivity index (χ0v) is 8.88. The number of carbonyl (C=O) groups is 2. The highest BCUT2D eigenvalue weighted by Crippen LogP contribution is 2.30. The van der Waals surface area contributed by atoms with Crippen LogP contribution < -0.4 is 5.32 Å². The van der Waals surface area contributed by atoms with Gasteiger partial charge in [-0.25, -0.2) is 13.6 Å². The van der Waals surface area contributed by atoms with Crippen LogP contribution in [-0.2, 0) is 9.59 Å². The topological polar surface area (TPSA) is 66.4 Å². The second-order valence-corrected chi connectivity index (χ2v) is 4.08. The van der Waals surface area contributed by atoms with Crippen molar-refractivity contribution in [2.75, 3.05) is 0 Å². The number of hydrogen-bond donors (Lipinski definition) is 2. The summed E-state index contributed by atoms with van der Waals surface area (Å²) in [6, 6.07) is -1.27. The molecule has 1 atom stereocenters. The standard InChI is InChI=1S/C9H15F2NO3/c1-5(13)12-6(7(14)15)4-9(2,3)8(10)11/h6,8H,4H2,1-3H3,(H,12,13)(H,14,15)/t6-/m1/s1. The van der Waals surface area contributed by atoms with Gasteiger partial charge in [-0.2, -0.15) is 0 Å². The Hall–Kier alpha value is -1.20. The number of alkyl halides is 2. The van der Waals surface area contributed by atoms with Crippen molar-refractivity contribution in [3.8, 4) is 0 Å². The Morgan fingerprint density at radius 2 is 1.87 bits per heavy atom. The maximum Gasteiger partial charge on any atom is 0.326 e. The zero-order chi connectivity index (χ0) is 12.2. The fourth-order valence-electron chi connectivity index (χ4n) is 1.06. The Morgan fingerprint density at radius 3 is 2.13 bits per heavy atom. The molecule has 6 heteroatoms. The molecule has 0 radical (unpaired) electrons. The van der Waals surface area contributed by atoms with Crippen LogP contribution in [0, 0.1) is 5.41 Å². The summed E-state index contributed by atoms with van der Waals surface area (Å²) < 4.78 is 24.9. The predicted octanol–water partition coefficient (Wildman–Crippen LogP) is 1.26. The molecule has 0 aromatic rings. The van der Waals surface area contributed by atoms with Gasteiger partial charge in [-0.3, -0.25) is 4.79 Å². The normalized spacial score (nSPS) is 13.7. The van der Waals surface area contributed by atoms with Crippen LogP contribution in [0.2, 0.25) is 0 Å². The van der Waals surface area contributed by atoms with E-state index in [4.69, 9.17) is 5.11 Å².